The lowest BCUT2D eigenvalue weighted by atomic mass is 10.2. The normalized spacial score (nSPS) is 18.8. The fourth-order valence-corrected chi connectivity index (χ4v) is 4.42. The number of rotatable bonds is 5. The minimum atomic E-state index is -3.05. The Balaban J connectivity index is 2.01. The van der Waals surface area contributed by atoms with Gasteiger partial charge in [0.1, 0.15) is 0 Å². The van der Waals surface area contributed by atoms with Crippen LogP contribution in [-0.2, 0) is 14.6 Å². The summed E-state index contributed by atoms with van der Waals surface area (Å²) < 4.78 is 28.1. The van der Waals surface area contributed by atoms with E-state index in [9.17, 15) is 18.0 Å². The number of carbonyl (C=O) groups excluding carboxylic acids is 2. The SMILES string of the molecule is CCOC(=O)c1ccc(NC(=O)N(CC)[C@H]2CCS(=O)(=O)C2)cc1. The molecular weight excluding hydrogens is 332 g/mol. The van der Waals surface area contributed by atoms with Crippen molar-refractivity contribution in [3.05, 3.63) is 29.8 Å². The molecule has 8 heteroatoms. The van der Waals surface area contributed by atoms with Crippen LogP contribution >= 0.6 is 0 Å². The van der Waals surface area contributed by atoms with E-state index in [-0.39, 0.29) is 23.6 Å². The van der Waals surface area contributed by atoms with Gasteiger partial charge < -0.3 is 15.0 Å². The summed E-state index contributed by atoms with van der Waals surface area (Å²) in [5.74, 6) is -0.284. The van der Waals surface area contributed by atoms with E-state index in [1.165, 1.54) is 4.90 Å². The number of urea groups is 1. The molecule has 24 heavy (non-hydrogen) atoms. The highest BCUT2D eigenvalue weighted by atomic mass is 32.2. The third-order valence-corrected chi connectivity index (χ3v) is 5.65. The van der Waals surface area contributed by atoms with Crippen molar-refractivity contribution in [1.82, 2.24) is 4.90 Å². The lowest BCUT2D eigenvalue weighted by Gasteiger charge is -2.27. The highest BCUT2D eigenvalue weighted by Gasteiger charge is 2.33. The maximum Gasteiger partial charge on any atom is 0.338 e. The van der Waals surface area contributed by atoms with E-state index in [2.05, 4.69) is 5.32 Å². The molecule has 1 fully saturated rings. The number of ether oxygens (including phenoxy) is 1. The van der Waals surface area contributed by atoms with Crippen molar-refractivity contribution in [2.75, 3.05) is 30.0 Å². The van der Waals surface area contributed by atoms with Crippen LogP contribution in [0.5, 0.6) is 0 Å². The van der Waals surface area contributed by atoms with E-state index >= 15 is 0 Å². The summed E-state index contributed by atoms with van der Waals surface area (Å²) in [4.78, 5) is 25.5. The zero-order valence-electron chi connectivity index (χ0n) is 13.8. The Morgan fingerprint density at radius 3 is 2.42 bits per heavy atom. The molecule has 1 N–H and O–H groups in total. The van der Waals surface area contributed by atoms with Gasteiger partial charge in [-0.25, -0.2) is 18.0 Å². The molecule has 1 aliphatic rings. The number of carbonyl (C=O) groups is 2. The number of hydrogen-bond donors (Lipinski definition) is 1. The van der Waals surface area contributed by atoms with Gasteiger partial charge in [-0.05, 0) is 44.5 Å². The van der Waals surface area contributed by atoms with Gasteiger partial charge in [0.2, 0.25) is 0 Å². The fraction of sp³-hybridized carbons (Fsp3) is 0.500. The van der Waals surface area contributed by atoms with Crippen molar-refractivity contribution < 1.29 is 22.7 Å². The second kappa shape index (κ2) is 7.65. The van der Waals surface area contributed by atoms with E-state index in [1.54, 1.807) is 31.2 Å². The summed E-state index contributed by atoms with van der Waals surface area (Å²) in [7, 11) is -3.05. The van der Waals surface area contributed by atoms with Crippen LogP contribution in [0, 0.1) is 0 Å². The van der Waals surface area contributed by atoms with Gasteiger partial charge in [-0.3, -0.25) is 0 Å². The fourth-order valence-electron chi connectivity index (χ4n) is 2.69. The second-order valence-corrected chi connectivity index (χ2v) is 7.80. The van der Waals surface area contributed by atoms with Crippen LogP contribution in [0.25, 0.3) is 0 Å². The largest absolute Gasteiger partial charge is 0.462 e. The van der Waals surface area contributed by atoms with Crippen LogP contribution in [0.3, 0.4) is 0 Å². The maximum atomic E-state index is 12.4. The Bertz CT molecular complexity index is 700. The zero-order chi connectivity index (χ0) is 17.7. The quantitative estimate of drug-likeness (QED) is 0.815. The Morgan fingerprint density at radius 1 is 1.25 bits per heavy atom. The predicted molar refractivity (Wildman–Crippen MR) is 90.9 cm³/mol. The van der Waals surface area contributed by atoms with Gasteiger partial charge in [0.25, 0.3) is 0 Å². The van der Waals surface area contributed by atoms with Crippen molar-refractivity contribution >= 4 is 27.5 Å². The molecule has 0 bridgehead atoms. The maximum absolute atomic E-state index is 12.4. The molecule has 1 atom stereocenters. The van der Waals surface area contributed by atoms with Gasteiger partial charge in [-0.1, -0.05) is 0 Å². The van der Waals surface area contributed by atoms with Crippen LogP contribution in [0.1, 0.15) is 30.6 Å². The molecule has 1 saturated heterocycles. The number of amides is 2. The topological polar surface area (TPSA) is 92.8 Å². The molecule has 0 spiro atoms. The first-order valence-electron chi connectivity index (χ1n) is 7.91. The van der Waals surface area contributed by atoms with Crippen LogP contribution in [0.2, 0.25) is 0 Å². The first-order valence-corrected chi connectivity index (χ1v) is 9.73. The van der Waals surface area contributed by atoms with Crippen LogP contribution in [0.4, 0.5) is 10.5 Å². The molecule has 0 aromatic heterocycles. The summed E-state index contributed by atoms with van der Waals surface area (Å²) in [6, 6.07) is 5.74. The van der Waals surface area contributed by atoms with E-state index < -0.39 is 15.8 Å². The minimum absolute atomic E-state index is 0.00998. The third kappa shape index (κ3) is 4.47. The number of nitrogens with one attached hydrogen (secondary N) is 1. The molecule has 0 radical (unpaired) electrons. The van der Waals surface area contributed by atoms with Gasteiger partial charge in [0.15, 0.2) is 9.84 Å². The van der Waals surface area contributed by atoms with Crippen LogP contribution in [-0.4, -0.2) is 56.0 Å². The number of sulfone groups is 1. The van der Waals surface area contributed by atoms with E-state index in [1.807, 2.05) is 6.92 Å². The van der Waals surface area contributed by atoms with Crippen LogP contribution < -0.4 is 5.32 Å². The molecule has 1 aromatic carbocycles. The second-order valence-electron chi connectivity index (χ2n) is 5.57. The van der Waals surface area contributed by atoms with E-state index in [0.717, 1.165) is 0 Å². The van der Waals surface area contributed by atoms with Crippen molar-refractivity contribution in [3.8, 4) is 0 Å². The lowest BCUT2D eigenvalue weighted by molar-refractivity contribution is 0.0526. The molecule has 2 rings (SSSR count). The predicted octanol–water partition coefficient (Wildman–Crippen LogP) is 1.90. The summed E-state index contributed by atoms with van der Waals surface area (Å²) in [6.45, 7) is 4.27. The molecule has 7 nitrogen and oxygen atoms in total. The average Bonchev–Trinajstić information content (AvgIpc) is 2.88. The molecule has 1 heterocycles. The third-order valence-electron chi connectivity index (χ3n) is 3.90. The Labute approximate surface area is 141 Å². The summed E-state index contributed by atoms with van der Waals surface area (Å²) in [5, 5.41) is 2.74. The number of hydrogen-bond acceptors (Lipinski definition) is 5. The molecule has 0 saturated carbocycles. The van der Waals surface area contributed by atoms with Gasteiger partial charge in [0.05, 0.1) is 23.7 Å². The van der Waals surface area contributed by atoms with E-state index in [4.69, 9.17) is 4.74 Å². The monoisotopic (exact) mass is 354 g/mol. The van der Waals surface area contributed by atoms with Gasteiger partial charge in [0, 0.05) is 18.3 Å². The van der Waals surface area contributed by atoms with Crippen molar-refractivity contribution in [3.63, 3.8) is 0 Å². The summed E-state index contributed by atoms with van der Waals surface area (Å²) in [5.41, 5.74) is 0.941. The van der Waals surface area contributed by atoms with Gasteiger partial charge in [-0.15, -0.1) is 0 Å². The summed E-state index contributed by atoms with van der Waals surface area (Å²) in [6.07, 6.45) is 0.464. The van der Waals surface area contributed by atoms with Crippen LogP contribution in [0.15, 0.2) is 24.3 Å². The van der Waals surface area contributed by atoms with Crippen molar-refractivity contribution in [1.29, 1.82) is 0 Å². The Hall–Kier alpha value is -2.09. The standard InChI is InChI=1S/C16H22N2O5S/c1-3-18(14-9-10-24(21,22)11-14)16(20)17-13-7-5-12(6-8-13)15(19)23-4-2/h5-8,14H,3-4,9-11H2,1-2H3,(H,17,20)/t14-/m0/s1. The summed E-state index contributed by atoms with van der Waals surface area (Å²) >= 11 is 0. The minimum Gasteiger partial charge on any atom is -0.462 e. The molecule has 1 aliphatic heterocycles. The molecule has 132 valence electrons. The molecule has 1 aromatic rings. The average molecular weight is 354 g/mol. The number of benzene rings is 1. The molecule has 0 aliphatic carbocycles. The first-order chi connectivity index (χ1) is 11.4. The number of esters is 1. The molecule has 0 unspecified atom stereocenters. The molecule has 2 amide bonds. The first kappa shape index (κ1) is 18.3. The highest BCUT2D eigenvalue weighted by molar-refractivity contribution is 7.91. The van der Waals surface area contributed by atoms with Gasteiger partial charge >= 0.3 is 12.0 Å². The zero-order valence-corrected chi connectivity index (χ0v) is 14.6. The smallest absolute Gasteiger partial charge is 0.338 e. The van der Waals surface area contributed by atoms with E-state index in [0.29, 0.717) is 30.8 Å². The van der Waals surface area contributed by atoms with Gasteiger partial charge in [-0.2, -0.15) is 0 Å². The molecular formula is C16H22N2O5S. The number of anilines is 1. The lowest BCUT2D eigenvalue weighted by Crippen LogP contribution is -2.43. The number of nitrogens with zero attached hydrogens (tertiary/aromatic N) is 1. The highest BCUT2D eigenvalue weighted by Crippen LogP contribution is 2.19. The Kier molecular flexibility index (Phi) is 5.82. The van der Waals surface area contributed by atoms with Crippen molar-refractivity contribution in [2.45, 2.75) is 26.3 Å². The Morgan fingerprint density at radius 2 is 1.92 bits per heavy atom. The van der Waals surface area contributed by atoms with Crippen molar-refractivity contribution in [2.24, 2.45) is 0 Å².